The molecule has 2 heteroatoms. The molecule has 1 aliphatic carbocycles. The van der Waals surface area contributed by atoms with E-state index in [0.717, 1.165) is 19.3 Å². The summed E-state index contributed by atoms with van der Waals surface area (Å²) in [7, 11) is 0. The molecule has 0 spiro atoms. The monoisotopic (exact) mass is 189 g/mol. The highest BCUT2D eigenvalue weighted by Gasteiger charge is 2.18. The maximum Gasteiger partial charge on any atom is 0.133 e. The van der Waals surface area contributed by atoms with Gasteiger partial charge in [-0.2, -0.15) is 0 Å². The third kappa shape index (κ3) is 2.19. The Morgan fingerprint density at radius 3 is 3.07 bits per heavy atom. The number of hydrogen-bond acceptors (Lipinski definition) is 2. The molecule has 1 heterocycles. The Morgan fingerprint density at radius 1 is 1.36 bits per heavy atom. The number of rotatable bonds is 1. The predicted octanol–water partition coefficient (Wildman–Crippen LogP) is 2.70. The van der Waals surface area contributed by atoms with Crippen LogP contribution in [0, 0.1) is 0 Å². The normalized spacial score (nSPS) is 23.1. The first-order valence-corrected chi connectivity index (χ1v) is 5.28. The van der Waals surface area contributed by atoms with Gasteiger partial charge in [-0.05, 0) is 30.4 Å². The molecule has 0 amide bonds. The molecule has 0 aliphatic heterocycles. The number of nitrogens with zero attached hydrogens (tertiary/aromatic N) is 1. The van der Waals surface area contributed by atoms with E-state index >= 15 is 0 Å². The molecular formula is C12H15NO. The van der Waals surface area contributed by atoms with Crippen LogP contribution in [0.15, 0.2) is 24.5 Å². The molecule has 1 aromatic heterocycles. The molecule has 1 saturated carbocycles. The van der Waals surface area contributed by atoms with Crippen molar-refractivity contribution in [2.75, 3.05) is 0 Å². The third-order valence-electron chi connectivity index (χ3n) is 2.89. The number of carbonyl (C=O) groups is 1. The number of aromatic nitrogens is 1. The Labute approximate surface area is 84.4 Å². The maximum absolute atomic E-state index is 11.4. The van der Waals surface area contributed by atoms with Crippen LogP contribution < -0.4 is 0 Å². The smallest absolute Gasteiger partial charge is 0.133 e. The molecule has 1 aliphatic rings. The fraction of sp³-hybridized carbons (Fsp3) is 0.500. The average Bonchev–Trinajstić information content (AvgIpc) is 2.44. The lowest BCUT2D eigenvalue weighted by atomic mass is 9.93. The number of pyridine rings is 1. The van der Waals surface area contributed by atoms with Crippen molar-refractivity contribution >= 4 is 5.78 Å². The van der Waals surface area contributed by atoms with Gasteiger partial charge in [0.25, 0.3) is 0 Å². The minimum Gasteiger partial charge on any atom is -0.300 e. The van der Waals surface area contributed by atoms with E-state index in [4.69, 9.17) is 0 Å². The van der Waals surface area contributed by atoms with Gasteiger partial charge in [-0.1, -0.05) is 12.5 Å². The van der Waals surface area contributed by atoms with Crippen LogP contribution in [0.4, 0.5) is 0 Å². The maximum atomic E-state index is 11.4. The Balaban J connectivity index is 2.13. The van der Waals surface area contributed by atoms with Gasteiger partial charge >= 0.3 is 0 Å². The van der Waals surface area contributed by atoms with Gasteiger partial charge < -0.3 is 0 Å². The molecule has 0 N–H and O–H groups in total. The van der Waals surface area contributed by atoms with Gasteiger partial charge in [0.15, 0.2) is 0 Å². The summed E-state index contributed by atoms with van der Waals surface area (Å²) in [6, 6.07) is 4.03. The van der Waals surface area contributed by atoms with Crippen LogP contribution in [-0.2, 0) is 4.79 Å². The van der Waals surface area contributed by atoms with Gasteiger partial charge in [-0.15, -0.1) is 0 Å². The summed E-state index contributed by atoms with van der Waals surface area (Å²) < 4.78 is 0. The molecule has 74 valence electrons. The topological polar surface area (TPSA) is 30.0 Å². The van der Waals surface area contributed by atoms with Crippen LogP contribution in [0.1, 0.15) is 43.6 Å². The number of carbonyl (C=O) groups excluding carboxylic acids is 1. The van der Waals surface area contributed by atoms with Gasteiger partial charge in [-0.25, -0.2) is 0 Å². The van der Waals surface area contributed by atoms with Crippen LogP contribution in [0.3, 0.4) is 0 Å². The average molecular weight is 189 g/mol. The Morgan fingerprint density at radius 2 is 2.29 bits per heavy atom. The zero-order valence-corrected chi connectivity index (χ0v) is 8.28. The summed E-state index contributed by atoms with van der Waals surface area (Å²) in [5.41, 5.74) is 1.22. The summed E-state index contributed by atoms with van der Waals surface area (Å²) in [6.07, 6.45) is 8.53. The molecule has 1 fully saturated rings. The summed E-state index contributed by atoms with van der Waals surface area (Å²) in [6.45, 7) is 0. The van der Waals surface area contributed by atoms with E-state index in [0.29, 0.717) is 18.1 Å². The molecule has 1 atom stereocenters. The Kier molecular flexibility index (Phi) is 2.92. The van der Waals surface area contributed by atoms with Gasteiger partial charge in [-0.3, -0.25) is 9.78 Å². The zero-order chi connectivity index (χ0) is 9.80. The summed E-state index contributed by atoms with van der Waals surface area (Å²) in [5, 5.41) is 0. The standard InChI is InChI=1S/C12H15NO/c14-12-6-2-1-4-10(8-12)11-5-3-7-13-9-11/h3,5,7,9-10H,1-2,4,6,8H2. The highest BCUT2D eigenvalue weighted by molar-refractivity contribution is 5.79. The van der Waals surface area contributed by atoms with E-state index in [1.165, 1.54) is 12.0 Å². The summed E-state index contributed by atoms with van der Waals surface area (Å²) in [5.74, 6) is 0.829. The zero-order valence-electron chi connectivity index (χ0n) is 8.28. The van der Waals surface area contributed by atoms with E-state index in [9.17, 15) is 4.79 Å². The van der Waals surface area contributed by atoms with E-state index < -0.39 is 0 Å². The highest BCUT2D eigenvalue weighted by atomic mass is 16.1. The van der Waals surface area contributed by atoms with Gasteiger partial charge in [0.2, 0.25) is 0 Å². The van der Waals surface area contributed by atoms with Crippen LogP contribution in [0.5, 0.6) is 0 Å². The SMILES string of the molecule is O=C1CCCCC(c2cccnc2)C1. The third-order valence-corrected chi connectivity index (χ3v) is 2.89. The first-order valence-electron chi connectivity index (χ1n) is 5.28. The van der Waals surface area contributed by atoms with Crippen LogP contribution in [0.25, 0.3) is 0 Å². The molecule has 2 rings (SSSR count). The second-order valence-electron chi connectivity index (χ2n) is 3.97. The molecule has 0 saturated heterocycles. The van der Waals surface area contributed by atoms with Crippen molar-refractivity contribution in [1.82, 2.24) is 4.98 Å². The molecular weight excluding hydrogens is 174 g/mol. The molecule has 0 bridgehead atoms. The highest BCUT2D eigenvalue weighted by Crippen LogP contribution is 2.29. The number of hydrogen-bond donors (Lipinski definition) is 0. The molecule has 1 unspecified atom stereocenters. The second kappa shape index (κ2) is 4.36. The molecule has 0 radical (unpaired) electrons. The van der Waals surface area contributed by atoms with E-state index in [1.54, 1.807) is 6.20 Å². The molecule has 14 heavy (non-hydrogen) atoms. The minimum absolute atomic E-state index is 0.413. The summed E-state index contributed by atoms with van der Waals surface area (Å²) in [4.78, 5) is 15.6. The van der Waals surface area contributed by atoms with Crippen molar-refractivity contribution in [3.8, 4) is 0 Å². The van der Waals surface area contributed by atoms with Crippen molar-refractivity contribution in [2.45, 2.75) is 38.0 Å². The van der Waals surface area contributed by atoms with E-state index in [-0.39, 0.29) is 0 Å². The van der Waals surface area contributed by atoms with Crippen LogP contribution >= 0.6 is 0 Å². The second-order valence-corrected chi connectivity index (χ2v) is 3.97. The predicted molar refractivity (Wildman–Crippen MR) is 55.1 cm³/mol. The van der Waals surface area contributed by atoms with E-state index in [2.05, 4.69) is 11.1 Å². The van der Waals surface area contributed by atoms with Crippen LogP contribution in [-0.4, -0.2) is 10.8 Å². The Bertz CT molecular complexity index is 307. The fourth-order valence-electron chi connectivity index (χ4n) is 2.09. The van der Waals surface area contributed by atoms with Crippen molar-refractivity contribution in [2.24, 2.45) is 0 Å². The molecule has 2 nitrogen and oxygen atoms in total. The largest absolute Gasteiger partial charge is 0.300 e. The van der Waals surface area contributed by atoms with Crippen molar-refractivity contribution in [3.63, 3.8) is 0 Å². The Hall–Kier alpha value is -1.18. The number of Topliss-reactive ketones (excluding diaryl/α,β-unsaturated/α-hetero) is 1. The summed E-state index contributed by atoms with van der Waals surface area (Å²) >= 11 is 0. The van der Waals surface area contributed by atoms with Crippen molar-refractivity contribution in [1.29, 1.82) is 0 Å². The lowest BCUT2D eigenvalue weighted by Crippen LogP contribution is -2.03. The van der Waals surface area contributed by atoms with Crippen molar-refractivity contribution in [3.05, 3.63) is 30.1 Å². The fourth-order valence-corrected chi connectivity index (χ4v) is 2.09. The number of ketones is 1. The lowest BCUT2D eigenvalue weighted by Gasteiger charge is -2.12. The first kappa shape index (κ1) is 9.38. The molecule has 0 aromatic carbocycles. The van der Waals surface area contributed by atoms with Gasteiger partial charge in [0.05, 0.1) is 0 Å². The minimum atomic E-state index is 0.413. The van der Waals surface area contributed by atoms with Gasteiger partial charge in [0.1, 0.15) is 5.78 Å². The van der Waals surface area contributed by atoms with Crippen LogP contribution in [0.2, 0.25) is 0 Å². The molecule has 1 aromatic rings. The van der Waals surface area contributed by atoms with Gasteiger partial charge in [0, 0.05) is 25.2 Å². The lowest BCUT2D eigenvalue weighted by molar-refractivity contribution is -0.119. The van der Waals surface area contributed by atoms with Crippen molar-refractivity contribution < 1.29 is 4.79 Å². The first-order chi connectivity index (χ1) is 6.86. The van der Waals surface area contributed by atoms with E-state index in [1.807, 2.05) is 12.3 Å². The quantitative estimate of drug-likeness (QED) is 0.636.